The molecular weight excluding hydrogens is 486 g/mol. The average molecular weight is 512 g/mol. The number of benzene rings is 3. The Bertz CT molecular complexity index is 1480. The molecule has 0 fully saturated rings. The fourth-order valence-corrected chi connectivity index (χ4v) is 4.76. The summed E-state index contributed by atoms with van der Waals surface area (Å²) in [5.41, 5.74) is 3.03. The molecule has 2 aliphatic rings. The van der Waals surface area contributed by atoms with Gasteiger partial charge >= 0.3 is 5.97 Å². The molecule has 0 aliphatic carbocycles. The maximum atomic E-state index is 13.1. The summed E-state index contributed by atoms with van der Waals surface area (Å²) in [6.07, 6.45) is 0.654. The first kappa shape index (κ1) is 24.9. The molecule has 0 spiro atoms. The number of aryl methyl sites for hydroxylation is 1. The monoisotopic (exact) mass is 511 g/mol. The van der Waals surface area contributed by atoms with Crippen molar-refractivity contribution < 1.29 is 28.7 Å². The normalized spacial score (nSPS) is 15.0. The number of amides is 4. The van der Waals surface area contributed by atoms with Crippen LogP contribution in [0.15, 0.2) is 66.7 Å². The SMILES string of the molecule is CC(=O)Nc1ccc(N2C(=O)c3ccc(C(=O)OC(C)C(=O)N4CCCc5ccccc54)cc3C2=O)cc1. The molecule has 3 aromatic rings. The molecular formula is C29H25N3O6. The van der Waals surface area contributed by atoms with Crippen LogP contribution in [0.3, 0.4) is 0 Å². The molecule has 9 heteroatoms. The van der Waals surface area contributed by atoms with Crippen molar-refractivity contribution in [3.63, 3.8) is 0 Å². The number of hydrogen-bond donors (Lipinski definition) is 1. The van der Waals surface area contributed by atoms with Crippen molar-refractivity contribution in [1.29, 1.82) is 0 Å². The number of imide groups is 1. The van der Waals surface area contributed by atoms with E-state index in [1.165, 1.54) is 32.0 Å². The summed E-state index contributed by atoms with van der Waals surface area (Å²) in [6.45, 7) is 3.44. The number of esters is 1. The predicted molar refractivity (Wildman–Crippen MR) is 140 cm³/mol. The van der Waals surface area contributed by atoms with Crippen LogP contribution in [-0.2, 0) is 20.7 Å². The summed E-state index contributed by atoms with van der Waals surface area (Å²) in [6, 6.07) is 18.1. The lowest BCUT2D eigenvalue weighted by molar-refractivity contribution is -0.126. The summed E-state index contributed by atoms with van der Waals surface area (Å²) in [5, 5.41) is 2.63. The zero-order valence-electron chi connectivity index (χ0n) is 20.9. The highest BCUT2D eigenvalue weighted by atomic mass is 16.5. The van der Waals surface area contributed by atoms with Crippen molar-refractivity contribution in [2.75, 3.05) is 21.7 Å². The van der Waals surface area contributed by atoms with E-state index < -0.39 is 23.9 Å². The quantitative estimate of drug-likeness (QED) is 0.410. The number of hydrogen-bond acceptors (Lipinski definition) is 6. The lowest BCUT2D eigenvalue weighted by Crippen LogP contribution is -2.42. The van der Waals surface area contributed by atoms with Gasteiger partial charge in [-0.3, -0.25) is 19.2 Å². The van der Waals surface area contributed by atoms with E-state index in [-0.39, 0.29) is 28.5 Å². The number of carbonyl (C=O) groups is 5. The fraction of sp³-hybridized carbons (Fsp3) is 0.207. The molecule has 5 rings (SSSR count). The molecule has 0 bridgehead atoms. The topological polar surface area (TPSA) is 113 Å². The van der Waals surface area contributed by atoms with Crippen LogP contribution in [0.2, 0.25) is 0 Å². The highest BCUT2D eigenvalue weighted by Crippen LogP contribution is 2.31. The summed E-state index contributed by atoms with van der Waals surface area (Å²) in [7, 11) is 0. The molecule has 1 N–H and O–H groups in total. The second-order valence-corrected chi connectivity index (χ2v) is 9.20. The summed E-state index contributed by atoms with van der Waals surface area (Å²) in [4.78, 5) is 66.0. The van der Waals surface area contributed by atoms with Crippen LogP contribution in [0.1, 0.15) is 56.9 Å². The molecule has 38 heavy (non-hydrogen) atoms. The van der Waals surface area contributed by atoms with Gasteiger partial charge in [0, 0.05) is 24.8 Å². The Balaban J connectivity index is 1.31. The third-order valence-electron chi connectivity index (χ3n) is 6.58. The number of nitrogens with zero attached hydrogens (tertiary/aromatic N) is 2. The van der Waals surface area contributed by atoms with Crippen molar-refractivity contribution in [2.24, 2.45) is 0 Å². The minimum absolute atomic E-state index is 0.0615. The van der Waals surface area contributed by atoms with Gasteiger partial charge in [0.15, 0.2) is 6.10 Å². The molecule has 192 valence electrons. The molecule has 2 heterocycles. The Labute approximate surface area is 219 Å². The second kappa shape index (κ2) is 9.93. The van der Waals surface area contributed by atoms with Crippen molar-refractivity contribution >= 4 is 46.7 Å². The average Bonchev–Trinajstić information content (AvgIpc) is 3.17. The zero-order valence-corrected chi connectivity index (χ0v) is 20.9. The molecule has 2 aliphatic heterocycles. The Kier molecular flexibility index (Phi) is 6.50. The van der Waals surface area contributed by atoms with Crippen molar-refractivity contribution in [3.05, 3.63) is 89.0 Å². The Morgan fingerprint density at radius 1 is 0.921 bits per heavy atom. The highest BCUT2D eigenvalue weighted by molar-refractivity contribution is 6.34. The van der Waals surface area contributed by atoms with Crippen LogP contribution in [0.4, 0.5) is 17.1 Å². The largest absolute Gasteiger partial charge is 0.449 e. The molecule has 0 radical (unpaired) electrons. The molecule has 0 saturated carbocycles. The highest BCUT2D eigenvalue weighted by Gasteiger charge is 2.37. The van der Waals surface area contributed by atoms with Gasteiger partial charge in [-0.15, -0.1) is 0 Å². The first-order valence-electron chi connectivity index (χ1n) is 12.3. The molecule has 0 saturated heterocycles. The van der Waals surface area contributed by atoms with E-state index >= 15 is 0 Å². The Hall–Kier alpha value is -4.79. The van der Waals surface area contributed by atoms with E-state index in [1.807, 2.05) is 24.3 Å². The van der Waals surface area contributed by atoms with Crippen molar-refractivity contribution in [2.45, 2.75) is 32.8 Å². The first-order chi connectivity index (χ1) is 18.2. The van der Waals surface area contributed by atoms with E-state index in [1.54, 1.807) is 29.2 Å². The van der Waals surface area contributed by atoms with Gasteiger partial charge in [0.2, 0.25) is 5.91 Å². The maximum Gasteiger partial charge on any atom is 0.338 e. The van der Waals surface area contributed by atoms with Gasteiger partial charge in [-0.25, -0.2) is 9.69 Å². The van der Waals surface area contributed by atoms with E-state index in [9.17, 15) is 24.0 Å². The third kappa shape index (κ3) is 4.54. The van der Waals surface area contributed by atoms with Crippen LogP contribution < -0.4 is 15.1 Å². The van der Waals surface area contributed by atoms with Crippen molar-refractivity contribution in [3.8, 4) is 0 Å². The minimum Gasteiger partial charge on any atom is -0.449 e. The van der Waals surface area contributed by atoms with Gasteiger partial charge in [-0.2, -0.15) is 0 Å². The van der Waals surface area contributed by atoms with Crippen LogP contribution >= 0.6 is 0 Å². The molecule has 4 amide bonds. The van der Waals surface area contributed by atoms with Crippen molar-refractivity contribution in [1.82, 2.24) is 0 Å². The Morgan fingerprint density at radius 3 is 2.37 bits per heavy atom. The van der Waals surface area contributed by atoms with Crippen LogP contribution in [0, 0.1) is 0 Å². The third-order valence-corrected chi connectivity index (χ3v) is 6.58. The molecule has 9 nitrogen and oxygen atoms in total. The number of carbonyl (C=O) groups excluding carboxylic acids is 5. The summed E-state index contributed by atoms with van der Waals surface area (Å²) in [5.74, 6) is -2.44. The van der Waals surface area contributed by atoms with E-state index in [0.29, 0.717) is 17.9 Å². The van der Waals surface area contributed by atoms with Gasteiger partial charge < -0.3 is 15.0 Å². The number of fused-ring (bicyclic) bond motifs is 2. The summed E-state index contributed by atoms with van der Waals surface area (Å²) < 4.78 is 5.47. The van der Waals surface area contributed by atoms with Gasteiger partial charge in [0.05, 0.1) is 22.4 Å². The molecule has 1 atom stereocenters. The predicted octanol–water partition coefficient (Wildman–Crippen LogP) is 3.97. The van der Waals surface area contributed by atoms with Gasteiger partial charge in [0.1, 0.15) is 0 Å². The number of para-hydroxylation sites is 1. The summed E-state index contributed by atoms with van der Waals surface area (Å²) >= 11 is 0. The van der Waals surface area contributed by atoms with Crippen LogP contribution in [0.5, 0.6) is 0 Å². The molecule has 3 aromatic carbocycles. The van der Waals surface area contributed by atoms with E-state index in [4.69, 9.17) is 4.74 Å². The molecule has 0 aromatic heterocycles. The number of nitrogens with one attached hydrogen (secondary N) is 1. The van der Waals surface area contributed by atoms with E-state index in [0.717, 1.165) is 29.0 Å². The second-order valence-electron chi connectivity index (χ2n) is 9.20. The fourth-order valence-electron chi connectivity index (χ4n) is 4.76. The zero-order chi connectivity index (χ0) is 27.0. The van der Waals surface area contributed by atoms with Gasteiger partial charge in [-0.1, -0.05) is 18.2 Å². The smallest absolute Gasteiger partial charge is 0.338 e. The first-order valence-corrected chi connectivity index (χ1v) is 12.3. The maximum absolute atomic E-state index is 13.1. The van der Waals surface area contributed by atoms with Crippen LogP contribution in [-0.4, -0.2) is 42.2 Å². The van der Waals surface area contributed by atoms with Gasteiger partial charge in [0.25, 0.3) is 17.7 Å². The van der Waals surface area contributed by atoms with E-state index in [2.05, 4.69) is 5.32 Å². The number of rotatable bonds is 5. The number of ether oxygens (including phenoxy) is 1. The number of anilines is 3. The van der Waals surface area contributed by atoms with Crippen LogP contribution in [0.25, 0.3) is 0 Å². The minimum atomic E-state index is -1.04. The Morgan fingerprint density at radius 2 is 1.63 bits per heavy atom. The lowest BCUT2D eigenvalue weighted by atomic mass is 10.0. The lowest BCUT2D eigenvalue weighted by Gasteiger charge is -2.31. The van der Waals surface area contributed by atoms with Gasteiger partial charge in [-0.05, 0) is 73.9 Å². The standard InChI is InChI=1S/C29H25N3O6/c1-17(26(34)31-15-5-7-19-6-3-4-8-25(19)31)38-29(37)20-9-14-23-24(16-20)28(36)32(27(23)35)22-12-10-21(11-13-22)30-18(2)33/h3-4,6,8-14,16-17H,5,7,15H2,1-2H3,(H,30,33). The molecule has 1 unspecified atom stereocenters.